The Kier molecular flexibility index (Phi) is 29.6. The zero-order chi connectivity index (χ0) is 36.2. The van der Waals surface area contributed by atoms with Crippen molar-refractivity contribution in [3.63, 3.8) is 0 Å². The van der Waals surface area contributed by atoms with Crippen molar-refractivity contribution in [2.45, 2.75) is 55.7 Å². The molecular formula is C29H66O16Si3. The molecule has 0 bridgehead atoms. The van der Waals surface area contributed by atoms with Gasteiger partial charge in [-0.2, -0.15) is 0 Å². The molecule has 0 aromatic carbocycles. The van der Waals surface area contributed by atoms with Crippen molar-refractivity contribution in [1.29, 1.82) is 0 Å². The topological polar surface area (TPSA) is 148 Å². The van der Waals surface area contributed by atoms with Crippen LogP contribution in [0.5, 0.6) is 0 Å². The summed E-state index contributed by atoms with van der Waals surface area (Å²) in [5.74, 6) is 0. The molecule has 0 amide bonds. The highest BCUT2D eigenvalue weighted by atomic mass is 28.4. The second kappa shape index (κ2) is 29.6. The molecule has 0 heterocycles. The highest BCUT2D eigenvalue weighted by molar-refractivity contribution is 6.61. The van der Waals surface area contributed by atoms with E-state index >= 15 is 0 Å². The normalized spacial score (nSPS) is 14.8. The van der Waals surface area contributed by atoms with Gasteiger partial charge in [0.2, 0.25) is 0 Å². The summed E-state index contributed by atoms with van der Waals surface area (Å²) in [6, 6.07) is 1.91. The van der Waals surface area contributed by atoms with E-state index in [-0.39, 0.29) is 18.8 Å². The molecule has 0 N–H and O–H groups in total. The molecule has 48 heavy (non-hydrogen) atoms. The SMILES string of the molecule is COCC(COCCC[Si](OC)(OC)OC)OC(COCCC[Si](OC)(OC)OC)COCC(COCCC[Si](OC)(OC)OC)OC. The van der Waals surface area contributed by atoms with Gasteiger partial charge in [-0.05, 0) is 19.3 Å². The van der Waals surface area contributed by atoms with Crippen LogP contribution in [0.3, 0.4) is 0 Å². The van der Waals surface area contributed by atoms with Crippen molar-refractivity contribution >= 4 is 26.4 Å². The minimum Gasteiger partial charge on any atom is -0.382 e. The van der Waals surface area contributed by atoms with Crippen LogP contribution in [0.1, 0.15) is 19.3 Å². The summed E-state index contributed by atoms with van der Waals surface area (Å²) in [5.41, 5.74) is 0. The molecule has 19 heteroatoms. The lowest BCUT2D eigenvalue weighted by atomic mass is 10.3. The summed E-state index contributed by atoms with van der Waals surface area (Å²) in [6.45, 7) is 3.35. The summed E-state index contributed by atoms with van der Waals surface area (Å²) < 4.78 is 90.5. The van der Waals surface area contributed by atoms with Crippen LogP contribution in [0.25, 0.3) is 0 Å². The van der Waals surface area contributed by atoms with Gasteiger partial charge < -0.3 is 73.0 Å². The number of hydrogen-bond acceptors (Lipinski definition) is 16. The largest absolute Gasteiger partial charge is 0.500 e. The molecule has 0 rings (SSSR count). The van der Waals surface area contributed by atoms with Gasteiger partial charge in [-0.15, -0.1) is 0 Å². The van der Waals surface area contributed by atoms with Crippen molar-refractivity contribution < 1.29 is 73.0 Å². The third-order valence-corrected chi connectivity index (χ3v) is 16.2. The summed E-state index contributed by atoms with van der Waals surface area (Å²) in [7, 11) is 9.67. The Hall–Kier alpha value is 0.0106. The van der Waals surface area contributed by atoms with Crippen molar-refractivity contribution in [3.8, 4) is 0 Å². The molecule has 3 unspecified atom stereocenters. The van der Waals surface area contributed by atoms with Crippen LogP contribution in [-0.4, -0.2) is 182 Å². The predicted octanol–water partition coefficient (Wildman–Crippen LogP) is 2.27. The van der Waals surface area contributed by atoms with Crippen molar-refractivity contribution in [3.05, 3.63) is 0 Å². The van der Waals surface area contributed by atoms with Crippen LogP contribution >= 0.6 is 0 Å². The van der Waals surface area contributed by atoms with Crippen LogP contribution in [0.15, 0.2) is 0 Å². The number of rotatable bonds is 36. The van der Waals surface area contributed by atoms with E-state index < -0.39 is 32.5 Å². The van der Waals surface area contributed by atoms with Gasteiger partial charge in [-0.25, -0.2) is 0 Å². The molecule has 0 aromatic rings. The van der Waals surface area contributed by atoms with Crippen LogP contribution in [0, 0.1) is 0 Å². The highest BCUT2D eigenvalue weighted by Gasteiger charge is 2.38. The average Bonchev–Trinajstić information content (AvgIpc) is 3.12. The Morgan fingerprint density at radius 2 is 0.646 bits per heavy atom. The molecule has 0 aliphatic heterocycles. The van der Waals surface area contributed by atoms with E-state index in [0.29, 0.717) is 83.8 Å². The van der Waals surface area contributed by atoms with E-state index in [4.69, 9.17) is 73.0 Å². The minimum atomic E-state index is -2.68. The summed E-state index contributed by atoms with van der Waals surface area (Å²) in [5, 5.41) is 0. The Morgan fingerprint density at radius 3 is 0.958 bits per heavy atom. The van der Waals surface area contributed by atoms with Gasteiger partial charge in [0.25, 0.3) is 0 Å². The van der Waals surface area contributed by atoms with Crippen LogP contribution in [0.2, 0.25) is 18.1 Å². The summed E-state index contributed by atoms with van der Waals surface area (Å²) >= 11 is 0. The average molecular weight is 755 g/mol. The van der Waals surface area contributed by atoms with Gasteiger partial charge in [0.15, 0.2) is 0 Å². The van der Waals surface area contributed by atoms with Gasteiger partial charge >= 0.3 is 26.4 Å². The molecule has 3 atom stereocenters. The maximum Gasteiger partial charge on any atom is 0.500 e. The fraction of sp³-hybridized carbons (Fsp3) is 1.00. The Morgan fingerprint density at radius 1 is 0.354 bits per heavy atom. The molecule has 0 radical (unpaired) electrons. The van der Waals surface area contributed by atoms with Crippen LogP contribution in [-0.2, 0) is 73.0 Å². The lowest BCUT2D eigenvalue weighted by molar-refractivity contribution is -0.134. The van der Waals surface area contributed by atoms with Crippen molar-refractivity contribution in [1.82, 2.24) is 0 Å². The Labute approximate surface area is 292 Å². The molecule has 16 nitrogen and oxygen atoms in total. The maximum atomic E-state index is 6.37. The maximum absolute atomic E-state index is 6.37. The smallest absolute Gasteiger partial charge is 0.382 e. The van der Waals surface area contributed by atoms with Crippen molar-refractivity contribution in [2.75, 3.05) is 138 Å². The Balaban J connectivity index is 5.04. The van der Waals surface area contributed by atoms with E-state index in [1.165, 1.54) is 0 Å². The molecule has 290 valence electrons. The van der Waals surface area contributed by atoms with Gasteiger partial charge in [0.05, 0.1) is 39.6 Å². The monoisotopic (exact) mass is 754 g/mol. The summed E-state index contributed by atoms with van der Waals surface area (Å²) in [4.78, 5) is 0. The molecule has 0 aliphatic carbocycles. The second-order valence-electron chi connectivity index (χ2n) is 10.7. The number of ether oxygens (including phenoxy) is 7. The van der Waals surface area contributed by atoms with E-state index in [1.807, 2.05) is 0 Å². The molecule has 0 saturated heterocycles. The van der Waals surface area contributed by atoms with Crippen molar-refractivity contribution in [2.24, 2.45) is 0 Å². The molecule has 0 aromatic heterocycles. The third kappa shape index (κ3) is 19.6. The van der Waals surface area contributed by atoms with Gasteiger partial charge in [-0.1, -0.05) is 0 Å². The highest BCUT2D eigenvalue weighted by Crippen LogP contribution is 2.17. The number of methoxy groups -OCH3 is 2. The van der Waals surface area contributed by atoms with E-state index in [1.54, 1.807) is 78.2 Å². The first-order chi connectivity index (χ1) is 23.2. The quantitative estimate of drug-likeness (QED) is 0.0680. The van der Waals surface area contributed by atoms with E-state index in [9.17, 15) is 0 Å². The molecule has 0 fully saturated rings. The third-order valence-electron chi connectivity index (χ3n) is 7.70. The van der Waals surface area contributed by atoms with E-state index in [2.05, 4.69) is 0 Å². The molecule has 0 saturated carbocycles. The molecule has 0 spiro atoms. The Bertz CT molecular complexity index is 695. The number of hydrogen-bond donors (Lipinski definition) is 0. The lowest BCUT2D eigenvalue weighted by Crippen LogP contribution is -2.43. The van der Waals surface area contributed by atoms with Crippen LogP contribution < -0.4 is 0 Å². The fourth-order valence-electron chi connectivity index (χ4n) is 4.71. The first-order valence-electron chi connectivity index (χ1n) is 16.1. The van der Waals surface area contributed by atoms with E-state index in [0.717, 1.165) is 6.42 Å². The second-order valence-corrected chi connectivity index (χ2v) is 19.9. The first-order valence-corrected chi connectivity index (χ1v) is 21.9. The standard InChI is InChI=1S/C29H66O16Si3/c1-30-21-28(24-42-16-13-19-47(35-6,36-7)37-8)45-29(25-43-17-14-20-48(38-9,39-10)40-11)26-44-23-27(31-2)22-41-15-12-18-46(32-3,33-4)34-5/h27-29H,12-26H2,1-11H3. The zero-order valence-corrected chi connectivity index (χ0v) is 34.4. The molecular weight excluding hydrogens is 689 g/mol. The fourth-order valence-corrected chi connectivity index (χ4v) is 9.78. The van der Waals surface area contributed by atoms with Gasteiger partial charge in [0, 0.05) is 116 Å². The predicted molar refractivity (Wildman–Crippen MR) is 183 cm³/mol. The summed E-state index contributed by atoms with van der Waals surface area (Å²) in [6.07, 6.45) is 1.12. The minimum absolute atomic E-state index is 0.264. The van der Waals surface area contributed by atoms with Gasteiger partial charge in [0.1, 0.15) is 18.3 Å². The zero-order valence-electron chi connectivity index (χ0n) is 31.4. The lowest BCUT2D eigenvalue weighted by Gasteiger charge is -2.26. The first kappa shape index (κ1) is 48.0. The van der Waals surface area contributed by atoms with Crippen LogP contribution in [0.4, 0.5) is 0 Å². The molecule has 0 aliphatic rings. The van der Waals surface area contributed by atoms with Gasteiger partial charge in [-0.3, -0.25) is 0 Å².